The largest absolute Gasteiger partial charge is 0.381 e. The maximum atomic E-state index is 12.2. The number of sulfonamides is 1. The molecular weight excluding hydrogens is 252 g/mol. The molecule has 0 fully saturated rings. The van der Waals surface area contributed by atoms with Gasteiger partial charge in [0.15, 0.2) is 10.8 Å². The van der Waals surface area contributed by atoms with Gasteiger partial charge in [-0.15, -0.1) is 0 Å². The molecule has 2 aromatic rings. The number of nitrogen functional groups attached to an aromatic ring is 1. The summed E-state index contributed by atoms with van der Waals surface area (Å²) in [6.07, 6.45) is 1.36. The first kappa shape index (κ1) is 12.4. The minimum atomic E-state index is -3.73. The number of aryl methyl sites for hydroxylation is 2. The van der Waals surface area contributed by atoms with E-state index in [1.165, 1.54) is 10.9 Å². The van der Waals surface area contributed by atoms with Crippen LogP contribution in [0.3, 0.4) is 0 Å². The molecule has 0 aliphatic rings. The lowest BCUT2D eigenvalue weighted by molar-refractivity contribution is 0.592. The molecule has 96 valence electrons. The number of nitrogens with zero attached hydrogens (tertiary/aromatic N) is 2. The summed E-state index contributed by atoms with van der Waals surface area (Å²) < 4.78 is 28.3. The second kappa shape index (κ2) is 4.34. The molecular formula is C11H14N4O2S. The molecule has 2 rings (SSSR count). The Hall–Kier alpha value is -2.02. The predicted octanol–water partition coefficient (Wildman–Crippen LogP) is 1.11. The van der Waals surface area contributed by atoms with Crippen molar-refractivity contribution >= 4 is 21.5 Å². The summed E-state index contributed by atoms with van der Waals surface area (Å²) in [7, 11) is -2.15. The third-order valence-electron chi connectivity index (χ3n) is 2.55. The number of nitrogens with one attached hydrogen (secondary N) is 1. The Morgan fingerprint density at radius 2 is 2.00 bits per heavy atom. The molecule has 0 radical (unpaired) electrons. The van der Waals surface area contributed by atoms with Gasteiger partial charge in [-0.05, 0) is 18.6 Å². The Morgan fingerprint density at radius 3 is 2.56 bits per heavy atom. The van der Waals surface area contributed by atoms with Crippen LogP contribution in [0.25, 0.3) is 0 Å². The zero-order chi connectivity index (χ0) is 13.3. The van der Waals surface area contributed by atoms with Crippen molar-refractivity contribution in [2.24, 2.45) is 7.05 Å². The molecule has 6 nitrogen and oxygen atoms in total. The lowest BCUT2D eigenvalue weighted by Crippen LogP contribution is -2.18. The van der Waals surface area contributed by atoms with Crippen molar-refractivity contribution in [1.29, 1.82) is 0 Å². The lowest BCUT2D eigenvalue weighted by Gasteiger charge is -2.10. The summed E-state index contributed by atoms with van der Waals surface area (Å²) in [6, 6.07) is 7.12. The fourth-order valence-corrected chi connectivity index (χ4v) is 3.01. The van der Waals surface area contributed by atoms with Crippen LogP contribution in [0.4, 0.5) is 11.5 Å². The number of anilines is 2. The van der Waals surface area contributed by atoms with Crippen molar-refractivity contribution in [1.82, 2.24) is 9.55 Å². The van der Waals surface area contributed by atoms with E-state index in [1.807, 2.05) is 19.1 Å². The number of aromatic nitrogens is 2. The molecule has 7 heteroatoms. The van der Waals surface area contributed by atoms with Crippen molar-refractivity contribution in [2.45, 2.75) is 11.9 Å². The molecule has 0 spiro atoms. The van der Waals surface area contributed by atoms with Gasteiger partial charge >= 0.3 is 0 Å². The molecule has 3 N–H and O–H groups in total. The third-order valence-corrected chi connectivity index (χ3v) is 4.05. The number of hydrogen-bond donors (Lipinski definition) is 2. The minimum Gasteiger partial charge on any atom is -0.381 e. The summed E-state index contributed by atoms with van der Waals surface area (Å²) in [6.45, 7) is 1.82. The summed E-state index contributed by atoms with van der Waals surface area (Å²) in [5.74, 6) is -0.0152. The molecule has 1 heterocycles. The van der Waals surface area contributed by atoms with Gasteiger partial charge in [0.05, 0.1) is 12.0 Å². The van der Waals surface area contributed by atoms with Crippen LogP contribution in [0, 0.1) is 6.92 Å². The van der Waals surface area contributed by atoms with Crippen LogP contribution in [0.2, 0.25) is 0 Å². The van der Waals surface area contributed by atoms with E-state index in [0.29, 0.717) is 5.69 Å². The molecule has 0 saturated carbocycles. The number of nitrogens with two attached hydrogens (primary N) is 1. The minimum absolute atomic E-state index is 0.0152. The standard InChI is InChI=1S/C11H14N4O2S/c1-8-5-3-4-6-9(8)14-18(16,17)11-10(12)13-7-15(11)2/h3-7,14H,12H2,1-2H3. The lowest BCUT2D eigenvalue weighted by atomic mass is 10.2. The molecule has 0 atom stereocenters. The van der Waals surface area contributed by atoms with Gasteiger partial charge in [-0.2, -0.15) is 8.42 Å². The molecule has 0 aliphatic carbocycles. The second-order valence-electron chi connectivity index (χ2n) is 3.97. The summed E-state index contributed by atoms with van der Waals surface area (Å²) in [5.41, 5.74) is 6.93. The molecule has 0 bridgehead atoms. The third kappa shape index (κ3) is 2.17. The Balaban J connectivity index is 2.43. The zero-order valence-corrected chi connectivity index (χ0v) is 10.9. The Bertz CT molecular complexity index is 657. The van der Waals surface area contributed by atoms with Gasteiger partial charge in [0.25, 0.3) is 10.0 Å². The van der Waals surface area contributed by atoms with Crippen molar-refractivity contribution in [2.75, 3.05) is 10.5 Å². The van der Waals surface area contributed by atoms with Crippen molar-refractivity contribution in [3.8, 4) is 0 Å². The zero-order valence-electron chi connectivity index (χ0n) is 10.1. The van der Waals surface area contributed by atoms with E-state index >= 15 is 0 Å². The van der Waals surface area contributed by atoms with E-state index in [2.05, 4.69) is 9.71 Å². The van der Waals surface area contributed by atoms with Crippen molar-refractivity contribution < 1.29 is 8.42 Å². The van der Waals surface area contributed by atoms with E-state index in [1.54, 1.807) is 19.2 Å². The highest BCUT2D eigenvalue weighted by Crippen LogP contribution is 2.21. The molecule has 18 heavy (non-hydrogen) atoms. The monoisotopic (exact) mass is 266 g/mol. The number of hydrogen-bond acceptors (Lipinski definition) is 4. The maximum Gasteiger partial charge on any atom is 0.281 e. The Labute approximate surface area is 106 Å². The summed E-state index contributed by atoms with van der Waals surface area (Å²) in [5, 5.41) is -0.0363. The van der Waals surface area contributed by atoms with E-state index in [9.17, 15) is 8.42 Å². The van der Waals surface area contributed by atoms with Gasteiger partial charge in [0.2, 0.25) is 0 Å². The van der Waals surface area contributed by atoms with Crippen LogP contribution in [-0.2, 0) is 17.1 Å². The topological polar surface area (TPSA) is 90.0 Å². The van der Waals surface area contributed by atoms with Crippen LogP contribution >= 0.6 is 0 Å². The fourth-order valence-electron chi connectivity index (χ4n) is 1.64. The van der Waals surface area contributed by atoms with Gasteiger partial charge in [-0.1, -0.05) is 18.2 Å². The SMILES string of the molecule is Cc1ccccc1NS(=O)(=O)c1c(N)ncn1C. The highest BCUT2D eigenvalue weighted by molar-refractivity contribution is 7.92. The maximum absolute atomic E-state index is 12.2. The quantitative estimate of drug-likeness (QED) is 0.870. The second-order valence-corrected chi connectivity index (χ2v) is 5.56. The average molecular weight is 266 g/mol. The molecule has 0 amide bonds. The molecule has 1 aromatic heterocycles. The van der Waals surface area contributed by atoms with Gasteiger partial charge in [-0.25, -0.2) is 4.98 Å². The van der Waals surface area contributed by atoms with Gasteiger partial charge in [-0.3, -0.25) is 4.72 Å². The van der Waals surface area contributed by atoms with Crippen LogP contribution in [0.15, 0.2) is 35.6 Å². The number of benzene rings is 1. The average Bonchev–Trinajstić information content (AvgIpc) is 2.62. The molecule has 1 aromatic carbocycles. The van der Waals surface area contributed by atoms with E-state index in [-0.39, 0.29) is 10.8 Å². The van der Waals surface area contributed by atoms with Gasteiger partial charge < -0.3 is 10.3 Å². The van der Waals surface area contributed by atoms with Crippen molar-refractivity contribution in [3.05, 3.63) is 36.2 Å². The highest BCUT2D eigenvalue weighted by Gasteiger charge is 2.22. The first-order valence-corrected chi connectivity index (χ1v) is 6.75. The van der Waals surface area contributed by atoms with Crippen molar-refractivity contribution in [3.63, 3.8) is 0 Å². The van der Waals surface area contributed by atoms with Crippen LogP contribution in [0.1, 0.15) is 5.56 Å². The van der Waals surface area contributed by atoms with E-state index in [4.69, 9.17) is 5.73 Å². The van der Waals surface area contributed by atoms with Crippen LogP contribution < -0.4 is 10.5 Å². The number of rotatable bonds is 3. The first-order valence-electron chi connectivity index (χ1n) is 5.27. The number of imidazole rings is 1. The molecule has 0 saturated heterocycles. The Morgan fingerprint density at radius 1 is 1.33 bits per heavy atom. The summed E-state index contributed by atoms with van der Waals surface area (Å²) >= 11 is 0. The van der Waals surface area contributed by atoms with Crippen LogP contribution in [0.5, 0.6) is 0 Å². The highest BCUT2D eigenvalue weighted by atomic mass is 32.2. The van der Waals surface area contributed by atoms with Crippen LogP contribution in [-0.4, -0.2) is 18.0 Å². The van der Waals surface area contributed by atoms with Gasteiger partial charge in [0, 0.05) is 7.05 Å². The predicted molar refractivity (Wildman–Crippen MR) is 69.6 cm³/mol. The normalized spacial score (nSPS) is 11.4. The fraction of sp³-hybridized carbons (Fsp3) is 0.182. The first-order chi connectivity index (χ1) is 8.42. The molecule has 0 aliphatic heterocycles. The Kier molecular flexibility index (Phi) is 3.00. The van der Waals surface area contributed by atoms with E-state index < -0.39 is 10.0 Å². The number of para-hydroxylation sites is 1. The summed E-state index contributed by atoms with van der Waals surface area (Å²) in [4.78, 5) is 3.77. The smallest absolute Gasteiger partial charge is 0.281 e. The van der Waals surface area contributed by atoms with Gasteiger partial charge in [0.1, 0.15) is 0 Å². The van der Waals surface area contributed by atoms with E-state index in [0.717, 1.165) is 5.56 Å². The molecule has 0 unspecified atom stereocenters.